The summed E-state index contributed by atoms with van der Waals surface area (Å²) in [6.45, 7) is -0.0989. The van der Waals surface area contributed by atoms with Gasteiger partial charge in [-0.2, -0.15) is 0 Å². The Morgan fingerprint density at radius 3 is 2.67 bits per heavy atom. The quantitative estimate of drug-likeness (QED) is 0.533. The normalized spacial score (nSPS) is 30.9. The molecule has 0 radical (unpaired) electrons. The van der Waals surface area contributed by atoms with Crippen molar-refractivity contribution in [1.82, 2.24) is 0 Å². The van der Waals surface area contributed by atoms with Gasteiger partial charge in [-0.15, -0.1) is 0 Å². The molecule has 6 nitrogen and oxygen atoms in total. The Morgan fingerprint density at radius 2 is 2.25 bits per heavy atom. The minimum atomic E-state index is -4.50. The molecule has 1 heterocycles. The summed E-state index contributed by atoms with van der Waals surface area (Å²) in [5, 5.41) is 9.36. The average Bonchev–Trinajstić information content (AvgIpc) is 2.32. The van der Waals surface area contributed by atoms with E-state index in [1.165, 1.54) is 0 Å². The van der Waals surface area contributed by atoms with Crippen LogP contribution in [0.3, 0.4) is 0 Å². The molecule has 0 aliphatic carbocycles. The summed E-state index contributed by atoms with van der Waals surface area (Å²) in [7, 11) is -4.50. The van der Waals surface area contributed by atoms with Gasteiger partial charge in [0, 0.05) is 6.42 Å². The van der Waals surface area contributed by atoms with Gasteiger partial charge in [0.2, 0.25) is 0 Å². The molecule has 1 saturated heterocycles. The molecule has 72 valence electrons. The van der Waals surface area contributed by atoms with Crippen LogP contribution in [0.1, 0.15) is 12.8 Å². The monoisotopic (exact) mass is 198 g/mol. The van der Waals surface area contributed by atoms with Gasteiger partial charge in [-0.1, -0.05) is 0 Å². The van der Waals surface area contributed by atoms with E-state index in [1.54, 1.807) is 0 Å². The zero-order valence-corrected chi connectivity index (χ0v) is 7.24. The van der Waals surface area contributed by atoms with Crippen LogP contribution < -0.4 is 0 Å². The predicted molar refractivity (Wildman–Crippen MR) is 38.1 cm³/mol. The summed E-state index contributed by atoms with van der Waals surface area (Å²) in [4.78, 5) is 16.6. The van der Waals surface area contributed by atoms with Crippen molar-refractivity contribution < 1.29 is 28.7 Å². The molecule has 0 saturated carbocycles. The van der Waals surface area contributed by atoms with Gasteiger partial charge in [-0.05, 0) is 6.42 Å². The third kappa shape index (κ3) is 3.18. The molecule has 1 unspecified atom stereocenters. The Kier molecular flexibility index (Phi) is 2.88. The van der Waals surface area contributed by atoms with Gasteiger partial charge in [0.05, 0.1) is 6.61 Å². The maximum Gasteiger partial charge on any atom is 0.469 e. The van der Waals surface area contributed by atoms with E-state index in [-0.39, 0.29) is 0 Å². The van der Waals surface area contributed by atoms with Crippen LogP contribution >= 0.6 is 7.82 Å². The zero-order valence-electron chi connectivity index (χ0n) is 6.34. The summed E-state index contributed by atoms with van der Waals surface area (Å²) in [6, 6.07) is 0. The van der Waals surface area contributed by atoms with Crippen molar-refractivity contribution in [3.63, 3.8) is 0 Å². The lowest BCUT2D eigenvalue weighted by Gasteiger charge is -2.20. The first kappa shape index (κ1) is 10.1. The largest absolute Gasteiger partial charge is 0.469 e. The molecular formula is C5H11O6P. The van der Waals surface area contributed by atoms with Crippen LogP contribution in [-0.4, -0.2) is 33.9 Å². The summed E-state index contributed by atoms with van der Waals surface area (Å²) < 4.78 is 19.2. The first-order valence-corrected chi connectivity index (χ1v) is 5.01. The second-order valence-corrected chi connectivity index (χ2v) is 3.90. The fourth-order valence-corrected chi connectivity index (χ4v) is 1.35. The van der Waals surface area contributed by atoms with Crippen LogP contribution in [0.5, 0.6) is 0 Å². The minimum Gasteiger partial charge on any atom is -0.364 e. The van der Waals surface area contributed by atoms with Crippen molar-refractivity contribution >= 4 is 7.82 Å². The number of phosphoric acid groups is 1. The van der Waals surface area contributed by atoms with Gasteiger partial charge in [-0.3, -0.25) is 4.52 Å². The molecule has 0 amide bonds. The number of hydrogen-bond donors (Lipinski definition) is 3. The van der Waals surface area contributed by atoms with E-state index in [0.29, 0.717) is 19.4 Å². The molecule has 3 N–H and O–H groups in total. The highest BCUT2D eigenvalue weighted by atomic mass is 31.2. The number of phosphoric ester groups is 1. The highest BCUT2D eigenvalue weighted by Crippen LogP contribution is 2.38. The minimum absolute atomic E-state index is 0.340. The molecule has 1 rings (SSSR count). The van der Waals surface area contributed by atoms with Gasteiger partial charge in [0.15, 0.2) is 5.79 Å². The van der Waals surface area contributed by atoms with E-state index in [4.69, 9.17) is 14.5 Å². The maximum absolute atomic E-state index is 10.2. The van der Waals surface area contributed by atoms with E-state index in [2.05, 4.69) is 4.52 Å². The molecule has 0 aromatic rings. The molecule has 1 aliphatic rings. The summed E-state index contributed by atoms with van der Waals surface area (Å²) in [6.07, 6.45) is 1.01. The van der Waals surface area contributed by atoms with Crippen molar-refractivity contribution in [3.05, 3.63) is 0 Å². The van der Waals surface area contributed by atoms with E-state index in [1.807, 2.05) is 0 Å². The molecule has 1 aliphatic heterocycles. The van der Waals surface area contributed by atoms with Crippen LogP contribution in [-0.2, 0) is 13.8 Å². The fraction of sp³-hybridized carbons (Fsp3) is 1.00. The first-order valence-electron chi connectivity index (χ1n) is 3.48. The van der Waals surface area contributed by atoms with E-state index < -0.39 is 20.2 Å². The average molecular weight is 198 g/mol. The Morgan fingerprint density at radius 1 is 1.58 bits per heavy atom. The zero-order chi connectivity index (χ0) is 9.24. The summed E-state index contributed by atoms with van der Waals surface area (Å²) >= 11 is 0. The molecule has 7 heteroatoms. The molecule has 0 bridgehead atoms. The van der Waals surface area contributed by atoms with E-state index >= 15 is 0 Å². The molecule has 0 spiro atoms. The van der Waals surface area contributed by atoms with Gasteiger partial charge in [0.1, 0.15) is 6.61 Å². The number of hydrogen-bond acceptors (Lipinski definition) is 4. The molecule has 0 aromatic carbocycles. The second-order valence-electron chi connectivity index (χ2n) is 2.66. The Balaban J connectivity index is 2.35. The third-order valence-corrected chi connectivity index (χ3v) is 2.01. The number of aliphatic hydroxyl groups is 1. The number of rotatable bonds is 3. The lowest BCUT2D eigenvalue weighted by molar-refractivity contribution is -0.191. The van der Waals surface area contributed by atoms with Crippen molar-refractivity contribution in [3.8, 4) is 0 Å². The second kappa shape index (κ2) is 3.41. The third-order valence-electron chi connectivity index (χ3n) is 1.54. The first-order chi connectivity index (χ1) is 5.41. The van der Waals surface area contributed by atoms with Crippen LogP contribution in [0, 0.1) is 0 Å². The highest BCUT2D eigenvalue weighted by Gasteiger charge is 2.35. The molecule has 1 fully saturated rings. The molecular weight excluding hydrogens is 187 g/mol. The van der Waals surface area contributed by atoms with Crippen molar-refractivity contribution in [2.75, 3.05) is 13.2 Å². The number of ether oxygens (including phenoxy) is 1. The predicted octanol–water partition coefficient (Wildman–Crippen LogP) is -0.405. The molecule has 0 aromatic heterocycles. The van der Waals surface area contributed by atoms with Crippen molar-refractivity contribution in [2.45, 2.75) is 18.6 Å². The van der Waals surface area contributed by atoms with Gasteiger partial charge in [0.25, 0.3) is 0 Å². The highest BCUT2D eigenvalue weighted by molar-refractivity contribution is 7.46. The smallest absolute Gasteiger partial charge is 0.364 e. The standard InChI is InChI=1S/C5H11O6P/c6-5(2-1-3-10-5)4-11-12(7,8)9/h6H,1-4H2,(H2,7,8,9). The van der Waals surface area contributed by atoms with Crippen molar-refractivity contribution in [2.24, 2.45) is 0 Å². The lowest BCUT2D eigenvalue weighted by Crippen LogP contribution is -2.32. The Bertz CT molecular complexity index is 192. The Hall–Kier alpha value is 0.0300. The topological polar surface area (TPSA) is 96.2 Å². The van der Waals surface area contributed by atoms with Crippen LogP contribution in [0.25, 0.3) is 0 Å². The van der Waals surface area contributed by atoms with Gasteiger partial charge < -0.3 is 19.6 Å². The van der Waals surface area contributed by atoms with Crippen LogP contribution in [0.2, 0.25) is 0 Å². The lowest BCUT2D eigenvalue weighted by atomic mass is 10.2. The maximum atomic E-state index is 10.2. The van der Waals surface area contributed by atoms with Crippen LogP contribution in [0.15, 0.2) is 0 Å². The Labute approximate surface area is 69.4 Å². The molecule has 1 atom stereocenters. The van der Waals surface area contributed by atoms with E-state index in [0.717, 1.165) is 0 Å². The summed E-state index contributed by atoms with van der Waals surface area (Å²) in [5.74, 6) is -1.51. The SMILES string of the molecule is O=P(O)(O)OCC1(O)CCCO1. The summed E-state index contributed by atoms with van der Waals surface area (Å²) in [5.41, 5.74) is 0. The molecule has 12 heavy (non-hydrogen) atoms. The fourth-order valence-electron chi connectivity index (χ4n) is 0.981. The van der Waals surface area contributed by atoms with Crippen LogP contribution in [0.4, 0.5) is 0 Å². The van der Waals surface area contributed by atoms with E-state index in [9.17, 15) is 9.67 Å². The van der Waals surface area contributed by atoms with Gasteiger partial charge >= 0.3 is 7.82 Å². The van der Waals surface area contributed by atoms with Crippen molar-refractivity contribution in [1.29, 1.82) is 0 Å². The van der Waals surface area contributed by atoms with Gasteiger partial charge in [-0.25, -0.2) is 4.57 Å².